The summed E-state index contributed by atoms with van der Waals surface area (Å²) in [6.45, 7) is -12.6. The number of aliphatic hydroxyl groups excluding tert-OH is 30. The Morgan fingerprint density at radius 2 is 0.798 bits per heavy atom. The highest BCUT2D eigenvalue weighted by molar-refractivity contribution is 7.46. The van der Waals surface area contributed by atoms with E-state index in [0.29, 0.717) is 0 Å². The molecule has 10 aliphatic rings. The summed E-state index contributed by atoms with van der Waals surface area (Å²) in [5, 5.41) is 353. The third-order valence-electron chi connectivity index (χ3n) is 22.6. The molecule has 0 bridgehead atoms. The lowest BCUT2D eigenvalue weighted by Gasteiger charge is -2.54. The molecule has 60 heteroatoms. The molecular weight excluding hydrogens is 1740 g/mol. The smallest absolute Gasteiger partial charge is 0.470 e. The van der Waals surface area contributed by atoms with E-state index < -0.39 is 404 Å². The van der Waals surface area contributed by atoms with Gasteiger partial charge in [0.25, 0.3) is 11.6 Å². The summed E-state index contributed by atoms with van der Waals surface area (Å²) >= 11 is 0. The lowest BCUT2D eigenvalue weighted by atomic mass is 9.87. The second kappa shape index (κ2) is 42.9. The average molecular weight is 1850 g/mol. The Morgan fingerprint density at radius 3 is 1.27 bits per heavy atom. The lowest BCUT2D eigenvalue weighted by molar-refractivity contribution is -0.424. The maximum Gasteiger partial charge on any atom is 0.470 e. The maximum absolute atomic E-state index is 14.3. The zero-order valence-electron chi connectivity index (χ0n) is 64.3. The van der Waals surface area contributed by atoms with E-state index in [1.165, 1.54) is 0 Å². The van der Waals surface area contributed by atoms with Gasteiger partial charge in [0.05, 0.1) is 84.3 Å². The SMILES string of the molecule is N[C@@H]1[C@@H](O)[C@H](O)[C@@H](CO[C@@H]2O[C@H](CO[C@@]3(C(=O)O)O[C@H]([C@H](O)CO)[C@H](O[C@H]4O[C@H](CO)[C@@H](O[C@@H]5O[C@H](CO[C@H]6O[C@H](CO)[C@@H](O)[C@H](O)[C@H]6O)[C@@H](O)[C@H](O)[C@H]5O)[C@H](O)[C@H]4O)[C@H](O[C@]4(C(=O)O)C[C@@H](O)[C@@H](O)[C@@H]([C@@H](CO)O[C@@H]5O[C@H](CO)[C@H](O)[C@H](O[C@@H]6O[C@H](CO[C@H]7O[C@H](CO)[C@@H](O)[C@H](O)[C@H]7O)[C@@H](O)[C@H](O)[C@H]6O)[C@H]5O)O4)[C@@H]3O)[C@@H](OP(=O)(O)O)[C@H](O)[C@H]2N)O[C@@H]1O. The molecule has 0 aromatic rings. The van der Waals surface area contributed by atoms with Crippen LogP contribution in [0.25, 0.3) is 0 Å². The zero-order valence-corrected chi connectivity index (χ0v) is 65.2. The normalized spacial score (nSPS) is 50.5. The van der Waals surface area contributed by atoms with Crippen molar-refractivity contribution in [1.82, 2.24) is 0 Å². The molecule has 10 aliphatic heterocycles. The van der Waals surface area contributed by atoms with Crippen molar-refractivity contribution in [3.63, 3.8) is 0 Å². The first-order valence-corrected chi connectivity index (χ1v) is 39.8. The number of hydrogen-bond donors (Lipinski definition) is 36. The van der Waals surface area contributed by atoms with E-state index in [1.807, 2.05) is 0 Å². The van der Waals surface area contributed by atoms with Crippen LogP contribution in [0.4, 0.5) is 0 Å². The lowest BCUT2D eigenvalue weighted by Crippen LogP contribution is -2.75. The van der Waals surface area contributed by atoms with Crippen molar-refractivity contribution < 1.29 is 282 Å². The summed E-state index contributed by atoms with van der Waals surface area (Å²) in [6, 6.07) is -3.65. The average Bonchev–Trinajstić information content (AvgIpc) is 0.725. The standard InChI is InChI=1S/C64H109N2O57P/c65-23-32(82)28(78)19(108-53(23)96)8-104-54-24(66)33(83)48(123-124(101,102)103)22(116-54)11-107-64(62(99)100)52(95)51(50(45(122-64)13(74)2-67)119-59-43(93)38(88)46(17(6-71)112-59)117-57-41(91)36(86)29(79)20(114-57)9-105-55-39(89)34(84)26(76)14(3-68)109-55)121-63(61(97)98)1-12(73)25(75)47(120-63)18(7-72)113-60-44(94)49(31(81)16(5-70)111-60)118-58-42(92)37(87)30(80)21(115-58)10-106-56-40(90)35(85)27(77)15(4-69)110-56/h12-60,67-96H,1-11,65-66H2,(H,97,98)(H,99,100)(H2,101,102,103)/t12-,13-,14-,15-,16-,17-,18-,19-,20-,21-,22-,23-,24-,25-,26-,27-,28-,29-,30-,31+,32-,33-,34+,35+,36+,37+,38-,39-,40-,41-,42-,43-,44-,45-,46-,47-,48-,49+,50+,51+,52+,53+,54-,55+,56+,57+,58+,59-,60+,63+,64-/m1/s1. The Bertz CT molecular complexity index is 3390. The second-order valence-electron chi connectivity index (χ2n) is 30.8. The van der Waals surface area contributed by atoms with Crippen molar-refractivity contribution in [3.8, 4) is 0 Å². The van der Waals surface area contributed by atoms with Crippen LogP contribution in [0, 0.1) is 0 Å². The summed E-state index contributed by atoms with van der Waals surface area (Å²) < 4.78 is 125. The van der Waals surface area contributed by atoms with Gasteiger partial charge in [0.2, 0.25) is 0 Å². The number of rotatable bonds is 34. The molecule has 10 saturated heterocycles. The molecule has 38 N–H and O–H groups in total. The topological polar surface area (TPSA) is 976 Å². The predicted octanol–water partition coefficient (Wildman–Crippen LogP) is -24.1. The molecule has 10 rings (SSSR count). The number of aliphatic hydroxyl groups is 30. The highest BCUT2D eigenvalue weighted by Crippen LogP contribution is 2.47. The van der Waals surface area contributed by atoms with E-state index in [0.717, 1.165) is 0 Å². The van der Waals surface area contributed by atoms with Crippen LogP contribution < -0.4 is 11.5 Å². The van der Waals surface area contributed by atoms with Crippen molar-refractivity contribution in [3.05, 3.63) is 0 Å². The third kappa shape index (κ3) is 21.6. The fourth-order valence-corrected chi connectivity index (χ4v) is 15.9. The molecule has 0 aliphatic carbocycles. The van der Waals surface area contributed by atoms with E-state index in [-0.39, 0.29) is 0 Å². The summed E-state index contributed by atoms with van der Waals surface area (Å²) in [5.74, 6) is -13.4. The molecule has 0 unspecified atom stereocenters. The number of aliphatic carboxylic acids is 2. The molecule has 0 aromatic carbocycles. The van der Waals surface area contributed by atoms with Gasteiger partial charge in [-0.2, -0.15) is 0 Å². The summed E-state index contributed by atoms with van der Waals surface area (Å²) in [4.78, 5) is 48.7. The molecule has 0 aromatic heterocycles. The summed E-state index contributed by atoms with van der Waals surface area (Å²) in [6.07, 6.45) is -110. The van der Waals surface area contributed by atoms with Crippen LogP contribution in [-0.4, -0.2) is 563 Å². The van der Waals surface area contributed by atoms with Gasteiger partial charge in [-0.25, -0.2) is 14.2 Å². The van der Waals surface area contributed by atoms with Gasteiger partial charge in [0.1, 0.15) is 232 Å². The number of carboxylic acids is 2. The zero-order chi connectivity index (χ0) is 91.9. The monoisotopic (exact) mass is 1850 g/mol. The minimum absolute atomic E-state index is 0.924. The van der Waals surface area contributed by atoms with Gasteiger partial charge >= 0.3 is 19.8 Å². The molecule has 0 saturated carbocycles. The molecule has 51 atom stereocenters. The molecule has 10 fully saturated rings. The van der Waals surface area contributed by atoms with Crippen molar-refractivity contribution in [2.45, 2.75) is 318 Å². The Kier molecular flexibility index (Phi) is 35.7. The number of nitrogens with two attached hydrogens (primary N) is 2. The molecule has 10 heterocycles. The predicted molar refractivity (Wildman–Crippen MR) is 368 cm³/mol. The molecule has 0 radical (unpaired) electrons. The number of hydrogen-bond acceptors (Lipinski definition) is 55. The second-order valence-corrected chi connectivity index (χ2v) is 32.0. The van der Waals surface area contributed by atoms with Gasteiger partial charge in [0, 0.05) is 6.42 Å². The highest BCUT2D eigenvalue weighted by atomic mass is 31.2. The largest absolute Gasteiger partial charge is 0.477 e. The Balaban J connectivity index is 0.965. The summed E-state index contributed by atoms with van der Waals surface area (Å²) in [7, 11) is -5.94. The van der Waals surface area contributed by atoms with E-state index in [2.05, 4.69) is 0 Å². The van der Waals surface area contributed by atoms with E-state index in [9.17, 15) is 187 Å². The number of carbonyl (C=O) groups is 2. The molecule has 0 amide bonds. The van der Waals surface area contributed by atoms with Crippen molar-refractivity contribution in [2.75, 3.05) is 66.1 Å². The molecule has 0 spiro atoms. The molecule has 59 nitrogen and oxygen atoms in total. The fraction of sp³-hybridized carbons (Fsp3) is 0.969. The first-order valence-electron chi connectivity index (χ1n) is 38.3. The van der Waals surface area contributed by atoms with Gasteiger partial charge in [-0.1, -0.05) is 0 Å². The maximum atomic E-state index is 14.3. The van der Waals surface area contributed by atoms with Crippen LogP contribution in [0.2, 0.25) is 0 Å². The van der Waals surface area contributed by atoms with Gasteiger partial charge < -0.3 is 275 Å². The minimum atomic E-state index is -5.94. The highest BCUT2D eigenvalue weighted by Gasteiger charge is 2.69. The number of carboxylic acid groups (broad SMARTS) is 2. The van der Waals surface area contributed by atoms with E-state index in [1.54, 1.807) is 0 Å². The number of ether oxygens (including phenoxy) is 19. The van der Waals surface area contributed by atoms with E-state index in [4.69, 9.17) is 106 Å². The van der Waals surface area contributed by atoms with Gasteiger partial charge in [0.15, 0.2) is 50.3 Å². The van der Waals surface area contributed by atoms with Gasteiger partial charge in [-0.15, -0.1) is 0 Å². The minimum Gasteiger partial charge on any atom is -0.477 e. The van der Waals surface area contributed by atoms with E-state index >= 15 is 0 Å². The molecule has 124 heavy (non-hydrogen) atoms. The fourth-order valence-electron chi connectivity index (χ4n) is 15.4. The Morgan fingerprint density at radius 1 is 0.379 bits per heavy atom. The van der Waals surface area contributed by atoms with Crippen LogP contribution in [0.1, 0.15) is 6.42 Å². The van der Waals surface area contributed by atoms with Crippen molar-refractivity contribution in [1.29, 1.82) is 0 Å². The number of phosphoric ester groups is 1. The Labute approximate surface area is 695 Å². The quantitative estimate of drug-likeness (QED) is 0.0266. The van der Waals surface area contributed by atoms with Crippen LogP contribution in [0.5, 0.6) is 0 Å². The first kappa shape index (κ1) is 103. The molecular formula is C64H109N2O57P. The first-order chi connectivity index (χ1) is 58.2. The van der Waals surface area contributed by atoms with Crippen molar-refractivity contribution in [2.24, 2.45) is 11.5 Å². The van der Waals surface area contributed by atoms with Crippen molar-refractivity contribution >= 4 is 19.8 Å². The Hall–Kier alpha value is -2.99. The summed E-state index contributed by atoms with van der Waals surface area (Å²) in [5.41, 5.74) is 11.8. The third-order valence-corrected chi connectivity index (χ3v) is 23.1. The van der Waals surface area contributed by atoms with Crippen LogP contribution in [0.3, 0.4) is 0 Å². The number of phosphoric acid groups is 1. The van der Waals surface area contributed by atoms with Crippen LogP contribution in [0.15, 0.2) is 0 Å². The molecule has 722 valence electrons. The van der Waals surface area contributed by atoms with Gasteiger partial charge in [-0.05, 0) is 0 Å². The van der Waals surface area contributed by atoms with Crippen LogP contribution in [-0.2, 0) is 109 Å². The van der Waals surface area contributed by atoms with Crippen LogP contribution >= 0.6 is 7.82 Å². The van der Waals surface area contributed by atoms with Gasteiger partial charge in [-0.3, -0.25) is 4.52 Å².